The van der Waals surface area contributed by atoms with E-state index in [1.54, 1.807) is 0 Å². The lowest BCUT2D eigenvalue weighted by molar-refractivity contribution is 0.328. The molecule has 0 amide bonds. The van der Waals surface area contributed by atoms with E-state index in [0.29, 0.717) is 0 Å². The SMILES string of the molecule is CCCCCCC(C)C(CCC)NCCC. The summed E-state index contributed by atoms with van der Waals surface area (Å²) in [5, 5.41) is 3.71. The van der Waals surface area contributed by atoms with Crippen LogP contribution in [0.25, 0.3) is 0 Å². The number of unbranched alkanes of at least 4 members (excludes halogenated alkanes) is 3. The lowest BCUT2D eigenvalue weighted by Crippen LogP contribution is -2.35. The molecule has 98 valence electrons. The molecule has 0 aliphatic carbocycles. The molecule has 0 aromatic heterocycles. The summed E-state index contributed by atoms with van der Waals surface area (Å²) in [6.07, 6.45) is 10.9. The third kappa shape index (κ3) is 8.15. The maximum atomic E-state index is 3.71. The molecule has 2 atom stereocenters. The van der Waals surface area contributed by atoms with Crippen LogP contribution >= 0.6 is 0 Å². The van der Waals surface area contributed by atoms with Crippen molar-refractivity contribution in [3.8, 4) is 0 Å². The molecule has 0 aromatic rings. The zero-order valence-corrected chi connectivity index (χ0v) is 12.0. The van der Waals surface area contributed by atoms with E-state index in [9.17, 15) is 0 Å². The van der Waals surface area contributed by atoms with E-state index in [4.69, 9.17) is 0 Å². The van der Waals surface area contributed by atoms with Crippen molar-refractivity contribution in [2.75, 3.05) is 6.54 Å². The van der Waals surface area contributed by atoms with Gasteiger partial charge >= 0.3 is 0 Å². The highest BCUT2D eigenvalue weighted by atomic mass is 14.9. The molecule has 0 rings (SSSR count). The Labute approximate surface area is 103 Å². The van der Waals surface area contributed by atoms with Crippen LogP contribution in [0.2, 0.25) is 0 Å². The van der Waals surface area contributed by atoms with Crippen LogP contribution in [0, 0.1) is 5.92 Å². The van der Waals surface area contributed by atoms with Gasteiger partial charge in [-0.2, -0.15) is 0 Å². The molecule has 0 fully saturated rings. The first-order chi connectivity index (χ1) is 7.76. The standard InChI is InChI=1S/C15H33N/c1-5-8-9-10-12-14(4)15(11-6-2)16-13-7-3/h14-16H,5-13H2,1-4H3. The van der Waals surface area contributed by atoms with Crippen LogP contribution < -0.4 is 5.32 Å². The van der Waals surface area contributed by atoms with Crippen LogP contribution in [0.1, 0.15) is 79.1 Å². The van der Waals surface area contributed by atoms with Crippen LogP contribution in [0.4, 0.5) is 0 Å². The lowest BCUT2D eigenvalue weighted by atomic mass is 9.92. The largest absolute Gasteiger partial charge is 0.314 e. The van der Waals surface area contributed by atoms with E-state index in [1.165, 1.54) is 57.9 Å². The smallest absolute Gasteiger partial charge is 0.00925 e. The fraction of sp³-hybridized carbons (Fsp3) is 1.00. The summed E-state index contributed by atoms with van der Waals surface area (Å²) < 4.78 is 0. The predicted molar refractivity (Wildman–Crippen MR) is 74.9 cm³/mol. The van der Waals surface area contributed by atoms with E-state index in [1.807, 2.05) is 0 Å². The van der Waals surface area contributed by atoms with E-state index in [0.717, 1.165) is 12.0 Å². The maximum Gasteiger partial charge on any atom is 0.00925 e. The second-order valence-electron chi connectivity index (χ2n) is 5.18. The van der Waals surface area contributed by atoms with Gasteiger partial charge in [0.05, 0.1) is 0 Å². The maximum absolute atomic E-state index is 3.71. The Balaban J connectivity index is 3.72. The molecule has 0 aliphatic rings. The van der Waals surface area contributed by atoms with Gasteiger partial charge < -0.3 is 5.32 Å². The van der Waals surface area contributed by atoms with Gasteiger partial charge in [-0.3, -0.25) is 0 Å². The molecule has 0 heterocycles. The monoisotopic (exact) mass is 227 g/mol. The molecule has 0 saturated heterocycles. The Morgan fingerprint density at radius 3 is 2.12 bits per heavy atom. The second kappa shape index (κ2) is 11.4. The first-order valence-electron chi connectivity index (χ1n) is 7.49. The average molecular weight is 227 g/mol. The number of hydrogen-bond donors (Lipinski definition) is 1. The molecule has 0 radical (unpaired) electrons. The Morgan fingerprint density at radius 2 is 1.56 bits per heavy atom. The van der Waals surface area contributed by atoms with Crippen molar-refractivity contribution in [3.63, 3.8) is 0 Å². The first kappa shape index (κ1) is 16.0. The molecule has 0 aliphatic heterocycles. The molecular formula is C15H33N. The molecule has 1 N–H and O–H groups in total. The van der Waals surface area contributed by atoms with Crippen molar-refractivity contribution in [1.29, 1.82) is 0 Å². The third-order valence-corrected chi connectivity index (χ3v) is 3.46. The number of nitrogens with one attached hydrogen (secondary N) is 1. The zero-order valence-electron chi connectivity index (χ0n) is 12.0. The Morgan fingerprint density at radius 1 is 0.812 bits per heavy atom. The summed E-state index contributed by atoms with van der Waals surface area (Å²) in [5.74, 6) is 0.850. The minimum Gasteiger partial charge on any atom is -0.314 e. The molecule has 2 unspecified atom stereocenters. The van der Waals surface area contributed by atoms with E-state index < -0.39 is 0 Å². The van der Waals surface area contributed by atoms with Gasteiger partial charge in [-0.15, -0.1) is 0 Å². The van der Waals surface area contributed by atoms with Crippen molar-refractivity contribution in [2.24, 2.45) is 5.92 Å². The summed E-state index contributed by atoms with van der Waals surface area (Å²) >= 11 is 0. The van der Waals surface area contributed by atoms with Gasteiger partial charge in [0.25, 0.3) is 0 Å². The van der Waals surface area contributed by atoms with Gasteiger partial charge in [0.1, 0.15) is 0 Å². The summed E-state index contributed by atoms with van der Waals surface area (Å²) in [5.41, 5.74) is 0. The minimum atomic E-state index is 0.756. The zero-order chi connectivity index (χ0) is 12.2. The highest BCUT2D eigenvalue weighted by molar-refractivity contribution is 4.72. The van der Waals surface area contributed by atoms with Crippen molar-refractivity contribution in [2.45, 2.75) is 85.1 Å². The summed E-state index contributed by atoms with van der Waals surface area (Å²) in [7, 11) is 0. The van der Waals surface area contributed by atoms with Crippen LogP contribution in [-0.2, 0) is 0 Å². The van der Waals surface area contributed by atoms with Gasteiger partial charge in [-0.25, -0.2) is 0 Å². The lowest BCUT2D eigenvalue weighted by Gasteiger charge is -2.25. The van der Waals surface area contributed by atoms with E-state index in [-0.39, 0.29) is 0 Å². The summed E-state index contributed by atoms with van der Waals surface area (Å²) in [4.78, 5) is 0. The topological polar surface area (TPSA) is 12.0 Å². The van der Waals surface area contributed by atoms with Gasteiger partial charge in [-0.1, -0.05) is 59.8 Å². The fourth-order valence-corrected chi connectivity index (χ4v) is 2.32. The van der Waals surface area contributed by atoms with Crippen LogP contribution in [0.5, 0.6) is 0 Å². The van der Waals surface area contributed by atoms with Crippen molar-refractivity contribution in [3.05, 3.63) is 0 Å². The van der Waals surface area contributed by atoms with E-state index in [2.05, 4.69) is 33.0 Å². The first-order valence-corrected chi connectivity index (χ1v) is 7.49. The quantitative estimate of drug-likeness (QED) is 0.502. The number of rotatable bonds is 11. The van der Waals surface area contributed by atoms with Crippen LogP contribution in [-0.4, -0.2) is 12.6 Å². The molecule has 1 nitrogen and oxygen atoms in total. The van der Waals surface area contributed by atoms with Crippen molar-refractivity contribution < 1.29 is 0 Å². The van der Waals surface area contributed by atoms with E-state index >= 15 is 0 Å². The van der Waals surface area contributed by atoms with Crippen molar-refractivity contribution >= 4 is 0 Å². The molecule has 0 bridgehead atoms. The molecule has 1 heteroatoms. The highest BCUT2D eigenvalue weighted by Crippen LogP contribution is 2.17. The molecule has 0 saturated carbocycles. The molecule has 0 aromatic carbocycles. The van der Waals surface area contributed by atoms with Crippen molar-refractivity contribution in [1.82, 2.24) is 5.32 Å². The van der Waals surface area contributed by atoms with Crippen LogP contribution in [0.15, 0.2) is 0 Å². The molecular weight excluding hydrogens is 194 g/mol. The van der Waals surface area contributed by atoms with Crippen LogP contribution in [0.3, 0.4) is 0 Å². The highest BCUT2D eigenvalue weighted by Gasteiger charge is 2.14. The third-order valence-electron chi connectivity index (χ3n) is 3.46. The normalized spacial score (nSPS) is 15.0. The Hall–Kier alpha value is -0.0400. The Bertz CT molecular complexity index is 133. The summed E-state index contributed by atoms with van der Waals surface area (Å²) in [6, 6.07) is 0.756. The second-order valence-corrected chi connectivity index (χ2v) is 5.18. The van der Waals surface area contributed by atoms with Gasteiger partial charge in [0, 0.05) is 6.04 Å². The average Bonchev–Trinajstić information content (AvgIpc) is 2.29. The molecule has 16 heavy (non-hydrogen) atoms. The molecule has 0 spiro atoms. The van der Waals surface area contributed by atoms with Gasteiger partial charge in [0.15, 0.2) is 0 Å². The minimum absolute atomic E-state index is 0.756. The van der Waals surface area contributed by atoms with Gasteiger partial charge in [-0.05, 0) is 31.7 Å². The predicted octanol–water partition coefficient (Wildman–Crippen LogP) is 4.76. The number of hydrogen-bond acceptors (Lipinski definition) is 1. The van der Waals surface area contributed by atoms with Gasteiger partial charge in [0.2, 0.25) is 0 Å². The summed E-state index contributed by atoms with van der Waals surface area (Å²) in [6.45, 7) is 10.4. The Kier molecular flexibility index (Phi) is 11.4. The fourth-order valence-electron chi connectivity index (χ4n) is 2.32.